The molecule has 0 saturated carbocycles. The van der Waals surface area contributed by atoms with E-state index in [4.69, 9.17) is 11.6 Å². The molecule has 92 valence electrons. The number of amides is 1. The fraction of sp³-hybridized carbons (Fsp3) is 0.154. The average molecular weight is 262 g/mol. The summed E-state index contributed by atoms with van der Waals surface area (Å²) in [4.78, 5) is 19.4. The fourth-order valence-corrected chi connectivity index (χ4v) is 1.51. The molecule has 0 atom stereocenters. The normalized spacial score (nSPS) is 10.1. The van der Waals surface area contributed by atoms with Gasteiger partial charge in [0.25, 0.3) is 5.91 Å². The van der Waals surface area contributed by atoms with Crippen LogP contribution in [0.2, 0.25) is 5.15 Å². The number of rotatable bonds is 3. The van der Waals surface area contributed by atoms with Crippen molar-refractivity contribution in [2.24, 2.45) is 0 Å². The van der Waals surface area contributed by atoms with Crippen LogP contribution in [-0.4, -0.2) is 15.9 Å². The van der Waals surface area contributed by atoms with E-state index >= 15 is 0 Å². The Morgan fingerprint density at radius 1 is 1.22 bits per heavy atom. The summed E-state index contributed by atoms with van der Waals surface area (Å²) in [5.74, 6) is -0.264. The predicted molar refractivity (Wildman–Crippen MR) is 69.4 cm³/mol. The number of aryl methyl sites for hydroxylation is 1. The molecule has 0 aliphatic rings. The first-order valence-electron chi connectivity index (χ1n) is 5.46. The number of nitrogens with zero attached hydrogens (tertiary/aromatic N) is 2. The third-order valence-electron chi connectivity index (χ3n) is 2.43. The lowest BCUT2D eigenvalue weighted by atomic mass is 10.1. The van der Waals surface area contributed by atoms with Gasteiger partial charge in [-0.3, -0.25) is 4.79 Å². The first-order valence-corrected chi connectivity index (χ1v) is 5.84. The number of benzene rings is 1. The first-order chi connectivity index (χ1) is 8.65. The summed E-state index contributed by atoms with van der Waals surface area (Å²) in [6, 6.07) is 7.96. The smallest absolute Gasteiger partial charge is 0.271 e. The molecule has 0 spiro atoms. The van der Waals surface area contributed by atoms with E-state index < -0.39 is 0 Å². The van der Waals surface area contributed by atoms with E-state index in [1.165, 1.54) is 18.0 Å². The third kappa shape index (κ3) is 3.28. The first kappa shape index (κ1) is 12.5. The van der Waals surface area contributed by atoms with E-state index in [2.05, 4.69) is 15.3 Å². The maximum Gasteiger partial charge on any atom is 0.271 e. The summed E-state index contributed by atoms with van der Waals surface area (Å²) in [7, 11) is 0. The van der Waals surface area contributed by atoms with E-state index in [1.54, 1.807) is 0 Å². The lowest BCUT2D eigenvalue weighted by Crippen LogP contribution is -2.23. The van der Waals surface area contributed by atoms with E-state index in [1.807, 2.05) is 31.2 Å². The van der Waals surface area contributed by atoms with Gasteiger partial charge in [-0.15, -0.1) is 0 Å². The Morgan fingerprint density at radius 2 is 1.94 bits per heavy atom. The van der Waals surface area contributed by atoms with Crippen molar-refractivity contribution >= 4 is 17.5 Å². The van der Waals surface area contributed by atoms with Crippen molar-refractivity contribution < 1.29 is 4.79 Å². The minimum absolute atomic E-state index is 0.256. The van der Waals surface area contributed by atoms with Crippen molar-refractivity contribution in [3.8, 4) is 0 Å². The quantitative estimate of drug-likeness (QED) is 0.923. The Morgan fingerprint density at radius 3 is 2.56 bits per heavy atom. The molecule has 0 saturated heterocycles. The second-order valence-electron chi connectivity index (χ2n) is 3.89. The number of carbonyl (C=O) groups excluding carboxylic acids is 1. The van der Waals surface area contributed by atoms with Crippen molar-refractivity contribution in [2.75, 3.05) is 0 Å². The number of aromatic nitrogens is 2. The number of carbonyl (C=O) groups is 1. The van der Waals surface area contributed by atoms with Gasteiger partial charge in [0.2, 0.25) is 0 Å². The highest BCUT2D eigenvalue weighted by Gasteiger charge is 2.06. The zero-order chi connectivity index (χ0) is 13.0. The van der Waals surface area contributed by atoms with Crippen molar-refractivity contribution in [1.29, 1.82) is 0 Å². The zero-order valence-electron chi connectivity index (χ0n) is 9.85. The van der Waals surface area contributed by atoms with Crippen molar-refractivity contribution in [1.82, 2.24) is 15.3 Å². The number of halogens is 1. The van der Waals surface area contributed by atoms with Crippen LogP contribution in [0.5, 0.6) is 0 Å². The van der Waals surface area contributed by atoms with Crippen LogP contribution in [0.4, 0.5) is 0 Å². The maximum atomic E-state index is 11.7. The minimum atomic E-state index is -0.264. The summed E-state index contributed by atoms with van der Waals surface area (Å²) < 4.78 is 0. The molecule has 0 fully saturated rings. The monoisotopic (exact) mass is 261 g/mol. The van der Waals surface area contributed by atoms with E-state index in [9.17, 15) is 4.79 Å². The van der Waals surface area contributed by atoms with Gasteiger partial charge in [-0.2, -0.15) is 0 Å². The van der Waals surface area contributed by atoms with Crippen LogP contribution in [0.15, 0.2) is 36.7 Å². The van der Waals surface area contributed by atoms with Gasteiger partial charge >= 0.3 is 0 Å². The molecule has 2 rings (SSSR count). The molecule has 0 aliphatic heterocycles. The van der Waals surface area contributed by atoms with E-state index in [-0.39, 0.29) is 16.8 Å². The van der Waals surface area contributed by atoms with Crippen molar-refractivity contribution in [3.63, 3.8) is 0 Å². The number of hydrogen-bond acceptors (Lipinski definition) is 3. The molecule has 5 heteroatoms. The van der Waals surface area contributed by atoms with Gasteiger partial charge in [-0.1, -0.05) is 41.4 Å². The van der Waals surface area contributed by atoms with Crippen LogP contribution in [0.1, 0.15) is 21.6 Å². The Balaban J connectivity index is 1.96. The summed E-state index contributed by atoms with van der Waals surface area (Å²) in [5, 5.41) is 3.04. The van der Waals surface area contributed by atoms with Crippen molar-refractivity contribution in [3.05, 3.63) is 58.6 Å². The Labute approximate surface area is 110 Å². The Bertz CT molecular complexity index is 537. The molecular weight excluding hydrogens is 250 g/mol. The summed E-state index contributed by atoms with van der Waals surface area (Å²) >= 11 is 5.60. The molecule has 4 nitrogen and oxygen atoms in total. The molecule has 1 amide bonds. The summed E-state index contributed by atoms with van der Waals surface area (Å²) in [6.45, 7) is 2.48. The lowest BCUT2D eigenvalue weighted by molar-refractivity contribution is 0.0945. The Hall–Kier alpha value is -1.94. The summed E-state index contributed by atoms with van der Waals surface area (Å²) in [5.41, 5.74) is 2.48. The average Bonchev–Trinajstić information content (AvgIpc) is 2.38. The van der Waals surface area contributed by atoms with Gasteiger partial charge in [0.15, 0.2) is 0 Å². The maximum absolute atomic E-state index is 11.7. The van der Waals surface area contributed by atoms with Crippen molar-refractivity contribution in [2.45, 2.75) is 13.5 Å². The fourth-order valence-electron chi connectivity index (χ4n) is 1.41. The molecule has 18 heavy (non-hydrogen) atoms. The molecule has 1 heterocycles. The second-order valence-corrected chi connectivity index (χ2v) is 4.28. The lowest BCUT2D eigenvalue weighted by Gasteiger charge is -2.05. The van der Waals surface area contributed by atoms with Gasteiger partial charge in [0.05, 0.1) is 12.4 Å². The van der Waals surface area contributed by atoms with Gasteiger partial charge < -0.3 is 5.32 Å². The van der Waals surface area contributed by atoms with Gasteiger partial charge in [-0.05, 0) is 12.5 Å². The zero-order valence-corrected chi connectivity index (χ0v) is 10.6. The molecule has 1 N–H and O–H groups in total. The molecule has 0 aliphatic carbocycles. The van der Waals surface area contributed by atoms with Gasteiger partial charge in [0, 0.05) is 6.54 Å². The number of hydrogen-bond donors (Lipinski definition) is 1. The molecule has 0 unspecified atom stereocenters. The number of nitrogens with one attached hydrogen (secondary N) is 1. The Kier molecular flexibility index (Phi) is 3.89. The highest BCUT2D eigenvalue weighted by Crippen LogP contribution is 2.04. The SMILES string of the molecule is Cc1ccc(CNC(=O)c2cnc(Cl)cn2)cc1. The minimum Gasteiger partial charge on any atom is -0.347 e. The van der Waals surface area contributed by atoms with Crippen LogP contribution in [0.3, 0.4) is 0 Å². The van der Waals surface area contributed by atoms with Crippen LogP contribution < -0.4 is 5.32 Å². The van der Waals surface area contributed by atoms with Gasteiger partial charge in [-0.25, -0.2) is 9.97 Å². The topological polar surface area (TPSA) is 54.9 Å². The molecular formula is C13H12ClN3O. The third-order valence-corrected chi connectivity index (χ3v) is 2.62. The van der Waals surface area contributed by atoms with E-state index in [0.29, 0.717) is 6.54 Å². The molecule has 0 radical (unpaired) electrons. The van der Waals surface area contributed by atoms with Crippen LogP contribution >= 0.6 is 11.6 Å². The molecule has 1 aromatic carbocycles. The highest BCUT2D eigenvalue weighted by molar-refractivity contribution is 6.29. The van der Waals surface area contributed by atoms with Crippen LogP contribution in [0, 0.1) is 6.92 Å². The van der Waals surface area contributed by atoms with Crippen LogP contribution in [-0.2, 0) is 6.54 Å². The van der Waals surface area contributed by atoms with E-state index in [0.717, 1.165) is 5.56 Å². The largest absolute Gasteiger partial charge is 0.347 e. The second kappa shape index (κ2) is 5.60. The highest BCUT2D eigenvalue weighted by atomic mass is 35.5. The van der Waals surface area contributed by atoms with Gasteiger partial charge in [0.1, 0.15) is 10.8 Å². The van der Waals surface area contributed by atoms with Crippen LogP contribution in [0.25, 0.3) is 0 Å². The molecule has 1 aromatic heterocycles. The standard InChI is InChI=1S/C13H12ClN3O/c1-9-2-4-10(5-3-9)6-17-13(18)11-7-16-12(14)8-15-11/h2-5,7-8H,6H2,1H3,(H,17,18). The molecule has 0 bridgehead atoms. The summed E-state index contributed by atoms with van der Waals surface area (Å²) in [6.07, 6.45) is 2.70. The predicted octanol–water partition coefficient (Wildman–Crippen LogP) is 2.37. The molecule has 2 aromatic rings.